The van der Waals surface area contributed by atoms with Crippen molar-refractivity contribution >= 4 is 38.9 Å². The minimum absolute atomic E-state index is 0.00998. The number of halogens is 5. The fraction of sp³-hybridized carbons (Fsp3) is 0.235. The van der Waals surface area contributed by atoms with E-state index >= 15 is 0 Å². The van der Waals surface area contributed by atoms with Gasteiger partial charge >= 0.3 is 6.18 Å². The molecule has 0 aliphatic rings. The fourth-order valence-corrected chi connectivity index (χ4v) is 4.08. The van der Waals surface area contributed by atoms with Crippen LogP contribution in [0.4, 0.5) is 18.9 Å². The zero-order chi connectivity index (χ0) is 23.0. The molecule has 0 amide bonds. The molecular formula is C17H14Cl2F3N5O3S. The van der Waals surface area contributed by atoms with Gasteiger partial charge in [0, 0.05) is 6.20 Å². The quantitative estimate of drug-likeness (QED) is 0.534. The molecule has 3 rings (SSSR count). The van der Waals surface area contributed by atoms with Gasteiger partial charge in [0.15, 0.2) is 5.82 Å². The molecular weight excluding hydrogens is 482 g/mol. The lowest BCUT2D eigenvalue weighted by Crippen LogP contribution is -2.17. The van der Waals surface area contributed by atoms with Gasteiger partial charge in [-0.25, -0.2) is 13.4 Å². The number of sulfonamides is 1. The van der Waals surface area contributed by atoms with Crippen LogP contribution >= 0.6 is 23.2 Å². The molecule has 14 heteroatoms. The van der Waals surface area contributed by atoms with Crippen molar-refractivity contribution in [3.63, 3.8) is 0 Å². The predicted octanol–water partition coefficient (Wildman–Crippen LogP) is 4.02. The van der Waals surface area contributed by atoms with Gasteiger partial charge in [-0.05, 0) is 31.2 Å². The fourth-order valence-electron chi connectivity index (χ4n) is 2.61. The van der Waals surface area contributed by atoms with E-state index in [0.29, 0.717) is 6.07 Å². The molecule has 0 radical (unpaired) electrons. The van der Waals surface area contributed by atoms with Gasteiger partial charge in [-0.1, -0.05) is 23.2 Å². The average molecular weight is 496 g/mol. The molecule has 1 aromatic carbocycles. The van der Waals surface area contributed by atoms with Gasteiger partial charge in [0.1, 0.15) is 12.0 Å². The van der Waals surface area contributed by atoms with E-state index in [-0.39, 0.29) is 28.8 Å². The second-order valence-corrected chi connectivity index (χ2v) is 8.91. The van der Waals surface area contributed by atoms with Gasteiger partial charge in [0.05, 0.1) is 38.8 Å². The van der Waals surface area contributed by atoms with Crippen LogP contribution in [0, 0.1) is 0 Å². The molecule has 0 fully saturated rings. The van der Waals surface area contributed by atoms with Crippen LogP contribution in [-0.2, 0) is 16.2 Å². The van der Waals surface area contributed by atoms with Crippen LogP contribution in [0.25, 0.3) is 11.5 Å². The van der Waals surface area contributed by atoms with Crippen molar-refractivity contribution in [2.75, 3.05) is 11.3 Å². The SMILES string of the molecule is C[C@@H](CO)n1cnnc1-c1ncc(Cl)cc1NS(=O)(=O)c1ccc(Cl)c(C(F)(F)F)c1. The van der Waals surface area contributed by atoms with E-state index < -0.39 is 37.7 Å². The zero-order valence-electron chi connectivity index (χ0n) is 15.6. The summed E-state index contributed by atoms with van der Waals surface area (Å²) in [5.74, 6) is 0.114. The molecule has 2 N–H and O–H groups in total. The molecule has 0 saturated heterocycles. The van der Waals surface area contributed by atoms with Crippen LogP contribution in [-0.4, -0.2) is 39.9 Å². The Morgan fingerprint density at radius 1 is 1.26 bits per heavy atom. The second-order valence-electron chi connectivity index (χ2n) is 6.39. The van der Waals surface area contributed by atoms with Gasteiger partial charge in [0.25, 0.3) is 10.0 Å². The maximum absolute atomic E-state index is 13.1. The maximum Gasteiger partial charge on any atom is 0.417 e. The van der Waals surface area contributed by atoms with E-state index in [2.05, 4.69) is 19.9 Å². The van der Waals surface area contributed by atoms with E-state index in [1.54, 1.807) is 6.92 Å². The highest BCUT2D eigenvalue weighted by atomic mass is 35.5. The predicted molar refractivity (Wildman–Crippen MR) is 107 cm³/mol. The van der Waals surface area contributed by atoms with Crippen molar-refractivity contribution in [2.24, 2.45) is 0 Å². The topological polar surface area (TPSA) is 110 Å². The number of pyridine rings is 1. The van der Waals surface area contributed by atoms with Crippen molar-refractivity contribution in [1.29, 1.82) is 0 Å². The van der Waals surface area contributed by atoms with E-state index in [1.807, 2.05) is 0 Å². The number of anilines is 1. The first-order chi connectivity index (χ1) is 14.4. The largest absolute Gasteiger partial charge is 0.417 e. The van der Waals surface area contributed by atoms with Crippen molar-refractivity contribution in [3.8, 4) is 11.5 Å². The Morgan fingerprint density at radius 2 is 1.97 bits per heavy atom. The Bertz CT molecular complexity index is 1220. The molecule has 3 aromatic rings. The van der Waals surface area contributed by atoms with E-state index in [9.17, 15) is 26.7 Å². The van der Waals surface area contributed by atoms with Crippen LogP contribution in [0.15, 0.2) is 41.7 Å². The van der Waals surface area contributed by atoms with Gasteiger partial charge in [0.2, 0.25) is 0 Å². The highest BCUT2D eigenvalue weighted by Crippen LogP contribution is 2.37. The molecule has 0 bridgehead atoms. The smallest absolute Gasteiger partial charge is 0.394 e. The van der Waals surface area contributed by atoms with Crippen molar-refractivity contribution in [2.45, 2.75) is 24.0 Å². The highest BCUT2D eigenvalue weighted by Gasteiger charge is 2.34. The molecule has 166 valence electrons. The third-order valence-corrected chi connectivity index (χ3v) is 6.08. The monoisotopic (exact) mass is 495 g/mol. The Labute approximate surface area is 184 Å². The molecule has 31 heavy (non-hydrogen) atoms. The number of alkyl halides is 3. The number of aliphatic hydroxyl groups is 1. The van der Waals surface area contributed by atoms with Crippen LogP contribution in [0.3, 0.4) is 0 Å². The molecule has 2 aromatic heterocycles. The molecule has 0 saturated carbocycles. The normalized spacial score (nSPS) is 13.3. The molecule has 2 heterocycles. The third-order valence-electron chi connectivity index (χ3n) is 4.18. The lowest BCUT2D eigenvalue weighted by molar-refractivity contribution is -0.137. The standard InChI is InChI=1S/C17H14Cl2F3N5O3S/c1-9(7-28)27-8-24-25-16(27)15-14(4-10(18)6-23-15)26-31(29,30)11-2-3-13(19)12(5-11)17(20,21)22/h2-6,8-9,26,28H,7H2,1H3/t9-/m0/s1. The van der Waals surface area contributed by atoms with Crippen LogP contribution < -0.4 is 4.72 Å². The molecule has 0 unspecified atom stereocenters. The van der Waals surface area contributed by atoms with E-state index in [4.69, 9.17) is 23.2 Å². The summed E-state index contributed by atoms with van der Waals surface area (Å²) in [6, 6.07) is 2.98. The number of nitrogens with zero attached hydrogens (tertiary/aromatic N) is 4. The molecule has 0 aliphatic heterocycles. The number of nitrogens with one attached hydrogen (secondary N) is 1. The van der Waals surface area contributed by atoms with Crippen LogP contribution in [0.2, 0.25) is 10.0 Å². The Kier molecular flexibility index (Phi) is 6.46. The lowest BCUT2D eigenvalue weighted by atomic mass is 10.2. The number of aliphatic hydroxyl groups excluding tert-OH is 1. The summed E-state index contributed by atoms with van der Waals surface area (Å²) in [6.07, 6.45) is -2.29. The number of hydrogen-bond acceptors (Lipinski definition) is 6. The molecule has 1 atom stereocenters. The van der Waals surface area contributed by atoms with Gasteiger partial charge in [-0.3, -0.25) is 4.72 Å². The number of benzene rings is 1. The Morgan fingerprint density at radius 3 is 2.61 bits per heavy atom. The summed E-state index contributed by atoms with van der Waals surface area (Å²) < 4.78 is 68.7. The summed E-state index contributed by atoms with van der Waals surface area (Å²) >= 11 is 11.5. The summed E-state index contributed by atoms with van der Waals surface area (Å²) in [4.78, 5) is 3.42. The van der Waals surface area contributed by atoms with Crippen molar-refractivity contribution in [1.82, 2.24) is 19.7 Å². The van der Waals surface area contributed by atoms with E-state index in [1.165, 1.54) is 23.2 Å². The average Bonchev–Trinajstić information content (AvgIpc) is 3.16. The number of hydrogen-bond donors (Lipinski definition) is 2. The minimum atomic E-state index is -4.85. The summed E-state index contributed by atoms with van der Waals surface area (Å²) in [5, 5.41) is 16.5. The van der Waals surface area contributed by atoms with Gasteiger partial charge < -0.3 is 9.67 Å². The second kappa shape index (κ2) is 8.61. The summed E-state index contributed by atoms with van der Waals surface area (Å²) in [6.45, 7) is 1.41. The Hall–Kier alpha value is -2.41. The summed E-state index contributed by atoms with van der Waals surface area (Å²) in [7, 11) is -4.50. The highest BCUT2D eigenvalue weighted by molar-refractivity contribution is 7.92. The first-order valence-electron chi connectivity index (χ1n) is 8.50. The van der Waals surface area contributed by atoms with Crippen LogP contribution in [0.1, 0.15) is 18.5 Å². The molecule has 0 aliphatic carbocycles. The van der Waals surface area contributed by atoms with Gasteiger partial charge in [-0.2, -0.15) is 13.2 Å². The van der Waals surface area contributed by atoms with Crippen molar-refractivity contribution in [3.05, 3.63) is 52.4 Å². The first-order valence-corrected chi connectivity index (χ1v) is 10.7. The summed E-state index contributed by atoms with van der Waals surface area (Å²) in [5.41, 5.74) is -1.43. The number of rotatable bonds is 6. The molecule has 0 spiro atoms. The van der Waals surface area contributed by atoms with Gasteiger partial charge in [-0.15, -0.1) is 10.2 Å². The Balaban J connectivity index is 2.08. The first kappa shape index (κ1) is 23.3. The van der Waals surface area contributed by atoms with Crippen molar-refractivity contribution < 1.29 is 26.7 Å². The third kappa shape index (κ3) is 4.92. The number of aromatic nitrogens is 4. The lowest BCUT2D eigenvalue weighted by Gasteiger charge is -2.16. The van der Waals surface area contributed by atoms with E-state index in [0.717, 1.165) is 12.1 Å². The minimum Gasteiger partial charge on any atom is -0.394 e. The molecule has 8 nitrogen and oxygen atoms in total. The zero-order valence-corrected chi connectivity index (χ0v) is 17.9. The maximum atomic E-state index is 13.1. The van der Waals surface area contributed by atoms with Crippen LogP contribution in [0.5, 0.6) is 0 Å².